The van der Waals surface area contributed by atoms with Crippen molar-refractivity contribution in [1.82, 2.24) is 30.0 Å². The number of aromatic nitrogens is 5. The van der Waals surface area contributed by atoms with Gasteiger partial charge in [-0.1, -0.05) is 22.8 Å². The highest BCUT2D eigenvalue weighted by Crippen LogP contribution is 2.24. The maximum atomic E-state index is 12.5. The van der Waals surface area contributed by atoms with Crippen molar-refractivity contribution in [2.75, 3.05) is 0 Å². The molecule has 1 N–H and O–H groups in total. The van der Waals surface area contributed by atoms with Crippen molar-refractivity contribution in [3.05, 3.63) is 65.1 Å². The standard InChI is InChI=1S/C21H18ClN7O2/c1-13(25-21(30)18-10-20(31-27-18)19-5-7-24-28(19)2)12-29-8-6-17(26-29)14-3-4-15(11-23)16(22)9-14/h3-10,13H,12H2,1-2H3,(H,25,30). The van der Waals surface area contributed by atoms with Gasteiger partial charge in [0.1, 0.15) is 11.8 Å². The van der Waals surface area contributed by atoms with Gasteiger partial charge < -0.3 is 9.84 Å². The number of carbonyl (C=O) groups excluding carboxylic acids is 1. The molecule has 31 heavy (non-hydrogen) atoms. The number of aryl methyl sites for hydroxylation is 1. The largest absolute Gasteiger partial charge is 0.354 e. The Morgan fingerprint density at radius 1 is 1.32 bits per heavy atom. The van der Waals surface area contributed by atoms with Crippen LogP contribution in [0, 0.1) is 11.3 Å². The molecule has 10 heteroatoms. The topological polar surface area (TPSA) is 115 Å². The van der Waals surface area contributed by atoms with Crippen molar-refractivity contribution < 1.29 is 9.32 Å². The van der Waals surface area contributed by atoms with Crippen LogP contribution in [0.5, 0.6) is 0 Å². The molecule has 156 valence electrons. The number of halogens is 1. The van der Waals surface area contributed by atoms with Gasteiger partial charge in [-0.15, -0.1) is 0 Å². The number of nitriles is 1. The van der Waals surface area contributed by atoms with E-state index in [-0.39, 0.29) is 17.6 Å². The number of nitrogens with zero attached hydrogens (tertiary/aromatic N) is 6. The summed E-state index contributed by atoms with van der Waals surface area (Å²) in [7, 11) is 1.78. The number of hydrogen-bond donors (Lipinski definition) is 1. The summed E-state index contributed by atoms with van der Waals surface area (Å²) >= 11 is 6.11. The molecule has 3 aromatic heterocycles. The zero-order chi connectivity index (χ0) is 22.0. The molecule has 0 saturated heterocycles. The Kier molecular flexibility index (Phi) is 5.56. The second-order valence-electron chi connectivity index (χ2n) is 7.02. The maximum Gasteiger partial charge on any atom is 0.273 e. The summed E-state index contributed by atoms with van der Waals surface area (Å²) in [5.74, 6) is 0.131. The maximum absolute atomic E-state index is 12.5. The Morgan fingerprint density at radius 3 is 2.87 bits per heavy atom. The lowest BCUT2D eigenvalue weighted by Gasteiger charge is -2.12. The molecular formula is C21H18ClN7O2. The molecule has 1 amide bonds. The Bertz CT molecular complexity index is 1280. The third-order valence-electron chi connectivity index (χ3n) is 4.68. The van der Waals surface area contributed by atoms with Crippen LogP contribution in [0.2, 0.25) is 5.02 Å². The molecule has 4 rings (SSSR count). The monoisotopic (exact) mass is 435 g/mol. The minimum atomic E-state index is -0.337. The zero-order valence-corrected chi connectivity index (χ0v) is 17.5. The Morgan fingerprint density at radius 2 is 2.16 bits per heavy atom. The van der Waals surface area contributed by atoms with E-state index in [0.717, 1.165) is 17.0 Å². The summed E-state index contributed by atoms with van der Waals surface area (Å²) in [6.07, 6.45) is 3.46. The molecule has 0 spiro atoms. The van der Waals surface area contributed by atoms with Crippen LogP contribution in [-0.2, 0) is 13.6 Å². The number of hydrogen-bond acceptors (Lipinski definition) is 6. The fourth-order valence-corrected chi connectivity index (χ4v) is 3.35. The first kappa shape index (κ1) is 20.4. The van der Waals surface area contributed by atoms with Gasteiger partial charge in [0, 0.05) is 37.1 Å². The highest BCUT2D eigenvalue weighted by molar-refractivity contribution is 6.32. The molecule has 1 atom stereocenters. The molecule has 1 unspecified atom stereocenters. The van der Waals surface area contributed by atoms with E-state index in [1.807, 2.05) is 25.3 Å². The van der Waals surface area contributed by atoms with Gasteiger partial charge in [0.2, 0.25) is 0 Å². The molecule has 0 saturated carbocycles. The zero-order valence-electron chi connectivity index (χ0n) is 16.8. The smallest absolute Gasteiger partial charge is 0.273 e. The summed E-state index contributed by atoms with van der Waals surface area (Å²) < 4.78 is 8.64. The van der Waals surface area contributed by atoms with Gasteiger partial charge in [0.05, 0.1) is 22.8 Å². The van der Waals surface area contributed by atoms with Crippen LogP contribution in [-0.4, -0.2) is 36.7 Å². The lowest BCUT2D eigenvalue weighted by atomic mass is 10.1. The van der Waals surface area contributed by atoms with Crippen LogP contribution >= 0.6 is 11.6 Å². The summed E-state index contributed by atoms with van der Waals surface area (Å²) in [5.41, 5.74) is 2.87. The van der Waals surface area contributed by atoms with Gasteiger partial charge in [-0.3, -0.25) is 14.2 Å². The minimum absolute atomic E-state index is 0.191. The molecule has 0 bridgehead atoms. The van der Waals surface area contributed by atoms with Crippen LogP contribution in [0.3, 0.4) is 0 Å². The van der Waals surface area contributed by atoms with E-state index in [4.69, 9.17) is 21.4 Å². The van der Waals surface area contributed by atoms with Crippen molar-refractivity contribution in [3.63, 3.8) is 0 Å². The summed E-state index contributed by atoms with van der Waals surface area (Å²) in [6, 6.07) is 12.2. The van der Waals surface area contributed by atoms with Gasteiger partial charge in [0.15, 0.2) is 11.5 Å². The summed E-state index contributed by atoms with van der Waals surface area (Å²) in [5, 5.41) is 24.7. The van der Waals surface area contributed by atoms with E-state index in [1.54, 1.807) is 52.9 Å². The SMILES string of the molecule is CC(Cn1ccc(-c2ccc(C#N)c(Cl)c2)n1)NC(=O)c1cc(-c2ccnn2C)on1. The van der Waals surface area contributed by atoms with E-state index in [9.17, 15) is 4.79 Å². The number of amides is 1. The van der Waals surface area contributed by atoms with Gasteiger partial charge >= 0.3 is 0 Å². The van der Waals surface area contributed by atoms with Crippen molar-refractivity contribution >= 4 is 17.5 Å². The predicted octanol–water partition coefficient (Wildman–Crippen LogP) is 3.28. The van der Waals surface area contributed by atoms with Gasteiger partial charge in [-0.05, 0) is 31.2 Å². The van der Waals surface area contributed by atoms with Crippen molar-refractivity contribution in [1.29, 1.82) is 5.26 Å². The normalized spacial score (nSPS) is 11.8. The highest BCUT2D eigenvalue weighted by Gasteiger charge is 2.17. The third-order valence-corrected chi connectivity index (χ3v) is 4.99. The molecule has 0 aliphatic rings. The van der Waals surface area contributed by atoms with Crippen LogP contribution in [0.25, 0.3) is 22.7 Å². The first-order chi connectivity index (χ1) is 14.9. The fraction of sp³-hybridized carbons (Fsp3) is 0.190. The molecule has 9 nitrogen and oxygen atoms in total. The van der Waals surface area contributed by atoms with E-state index in [0.29, 0.717) is 22.9 Å². The molecule has 3 heterocycles. The molecule has 0 aliphatic heterocycles. The van der Waals surface area contributed by atoms with E-state index in [2.05, 4.69) is 20.7 Å². The highest BCUT2D eigenvalue weighted by atomic mass is 35.5. The van der Waals surface area contributed by atoms with Gasteiger partial charge in [-0.25, -0.2) is 0 Å². The van der Waals surface area contributed by atoms with Crippen LogP contribution in [0.1, 0.15) is 23.0 Å². The lowest BCUT2D eigenvalue weighted by molar-refractivity contribution is 0.0927. The van der Waals surface area contributed by atoms with Crippen molar-refractivity contribution in [3.8, 4) is 28.8 Å². The molecule has 4 aromatic rings. The lowest BCUT2D eigenvalue weighted by Crippen LogP contribution is -2.36. The number of carbonyl (C=O) groups is 1. The minimum Gasteiger partial charge on any atom is -0.354 e. The average molecular weight is 436 g/mol. The Balaban J connectivity index is 1.39. The predicted molar refractivity (Wildman–Crippen MR) is 113 cm³/mol. The second-order valence-corrected chi connectivity index (χ2v) is 7.43. The average Bonchev–Trinajstić information content (AvgIpc) is 3.48. The van der Waals surface area contributed by atoms with Crippen LogP contribution in [0.4, 0.5) is 0 Å². The second kappa shape index (κ2) is 8.45. The third kappa shape index (κ3) is 4.34. The number of benzene rings is 1. The quantitative estimate of drug-likeness (QED) is 0.497. The first-order valence-electron chi connectivity index (χ1n) is 9.44. The van der Waals surface area contributed by atoms with E-state index in [1.165, 1.54) is 0 Å². The number of rotatable bonds is 6. The van der Waals surface area contributed by atoms with E-state index >= 15 is 0 Å². The molecule has 0 aliphatic carbocycles. The van der Waals surface area contributed by atoms with Crippen molar-refractivity contribution in [2.45, 2.75) is 19.5 Å². The van der Waals surface area contributed by atoms with Gasteiger partial charge in [0.25, 0.3) is 5.91 Å². The molecular weight excluding hydrogens is 418 g/mol. The van der Waals surface area contributed by atoms with Gasteiger partial charge in [-0.2, -0.15) is 15.5 Å². The van der Waals surface area contributed by atoms with Crippen LogP contribution in [0.15, 0.2) is 53.3 Å². The van der Waals surface area contributed by atoms with Crippen molar-refractivity contribution in [2.24, 2.45) is 7.05 Å². The number of nitrogens with one attached hydrogen (secondary N) is 1. The Labute approximate surface area is 182 Å². The van der Waals surface area contributed by atoms with E-state index < -0.39 is 0 Å². The fourth-order valence-electron chi connectivity index (χ4n) is 3.12. The molecule has 0 radical (unpaired) electrons. The first-order valence-corrected chi connectivity index (χ1v) is 9.82. The summed E-state index contributed by atoms with van der Waals surface area (Å²) in [4.78, 5) is 12.5. The summed E-state index contributed by atoms with van der Waals surface area (Å²) in [6.45, 7) is 2.34. The molecule has 1 aromatic carbocycles. The van der Waals surface area contributed by atoms with Crippen LogP contribution < -0.4 is 5.32 Å². The Hall–Kier alpha value is -3.90. The molecule has 0 fully saturated rings.